The molecule has 1 aromatic rings. The van der Waals surface area contributed by atoms with Crippen molar-refractivity contribution in [1.29, 1.82) is 0 Å². The first-order valence-corrected chi connectivity index (χ1v) is 6.81. The minimum absolute atomic E-state index is 0.150. The topological polar surface area (TPSA) is 62.2 Å². The molecule has 5 heteroatoms. The Morgan fingerprint density at radius 2 is 2.12 bits per heavy atom. The van der Waals surface area contributed by atoms with Crippen LogP contribution in [-0.4, -0.2) is 28.1 Å². The zero-order valence-electron chi connectivity index (χ0n) is 10.6. The molecule has 0 saturated heterocycles. The van der Waals surface area contributed by atoms with Gasteiger partial charge in [-0.2, -0.15) is 0 Å². The van der Waals surface area contributed by atoms with E-state index in [0.717, 1.165) is 11.4 Å². The maximum absolute atomic E-state index is 11.8. The molecule has 96 valence electrons. The lowest BCUT2D eigenvalue weighted by Crippen LogP contribution is -2.41. The van der Waals surface area contributed by atoms with E-state index in [1.165, 1.54) is 11.3 Å². The van der Waals surface area contributed by atoms with Gasteiger partial charge < -0.3 is 10.4 Å². The molecule has 1 amide bonds. The minimum atomic E-state index is -0.798. The average molecular weight is 256 g/mol. The summed E-state index contributed by atoms with van der Waals surface area (Å²) in [6.07, 6.45) is 3.70. The highest BCUT2D eigenvalue weighted by atomic mass is 32.1. The Balaban J connectivity index is 2.55. The maximum Gasteiger partial charge on any atom is 0.263 e. The van der Waals surface area contributed by atoms with E-state index in [9.17, 15) is 9.90 Å². The number of aliphatic hydroxyl groups is 1. The molecule has 2 N–H and O–H groups in total. The summed E-state index contributed by atoms with van der Waals surface area (Å²) in [4.78, 5) is 16.5. The zero-order valence-corrected chi connectivity index (χ0v) is 11.4. The molecule has 0 saturated carbocycles. The van der Waals surface area contributed by atoms with Gasteiger partial charge >= 0.3 is 0 Å². The maximum atomic E-state index is 11.8. The van der Waals surface area contributed by atoms with Crippen molar-refractivity contribution >= 4 is 17.2 Å². The van der Waals surface area contributed by atoms with E-state index in [2.05, 4.69) is 10.3 Å². The Bertz CT molecular complexity index is 372. The molecular weight excluding hydrogens is 236 g/mol. The molecule has 4 nitrogen and oxygen atoms in total. The predicted molar refractivity (Wildman–Crippen MR) is 69.4 cm³/mol. The molecule has 0 aliphatic carbocycles. The van der Waals surface area contributed by atoms with Crippen LogP contribution >= 0.6 is 11.3 Å². The predicted octanol–water partition coefficient (Wildman–Crippen LogP) is 1.99. The summed E-state index contributed by atoms with van der Waals surface area (Å²) in [5.74, 6) is -0.150. The van der Waals surface area contributed by atoms with E-state index in [4.69, 9.17) is 0 Å². The number of amides is 1. The number of nitrogens with one attached hydrogen (secondary N) is 1. The third-order valence-corrected chi connectivity index (χ3v) is 4.11. The quantitative estimate of drug-likeness (QED) is 0.818. The Morgan fingerprint density at radius 1 is 1.47 bits per heavy atom. The van der Waals surface area contributed by atoms with Crippen LogP contribution in [0.4, 0.5) is 0 Å². The SMILES string of the molecule is CCc1ncc(C(=O)NCC(O)(CC)CC)s1. The Labute approximate surface area is 106 Å². The number of thiazole rings is 1. The number of aryl methyl sites for hydroxylation is 1. The van der Waals surface area contributed by atoms with Crippen molar-refractivity contribution < 1.29 is 9.90 Å². The average Bonchev–Trinajstić information content (AvgIpc) is 2.84. The molecule has 0 radical (unpaired) electrons. The summed E-state index contributed by atoms with van der Waals surface area (Å²) in [6, 6.07) is 0. The molecule has 17 heavy (non-hydrogen) atoms. The molecular formula is C12H20N2O2S. The van der Waals surface area contributed by atoms with Crippen LogP contribution < -0.4 is 5.32 Å². The van der Waals surface area contributed by atoms with Crippen LogP contribution in [0.15, 0.2) is 6.20 Å². The number of hydrogen-bond acceptors (Lipinski definition) is 4. The van der Waals surface area contributed by atoms with E-state index < -0.39 is 5.60 Å². The number of carbonyl (C=O) groups is 1. The van der Waals surface area contributed by atoms with E-state index >= 15 is 0 Å². The van der Waals surface area contributed by atoms with Crippen LogP contribution in [0.25, 0.3) is 0 Å². The van der Waals surface area contributed by atoms with E-state index in [1.807, 2.05) is 20.8 Å². The van der Waals surface area contributed by atoms with Gasteiger partial charge in [-0.3, -0.25) is 4.79 Å². The second kappa shape index (κ2) is 6.12. The minimum Gasteiger partial charge on any atom is -0.388 e. The van der Waals surface area contributed by atoms with Crippen molar-refractivity contribution in [1.82, 2.24) is 10.3 Å². The normalized spacial score (nSPS) is 11.5. The highest BCUT2D eigenvalue weighted by Crippen LogP contribution is 2.15. The first-order chi connectivity index (χ1) is 8.04. The van der Waals surface area contributed by atoms with Crippen LogP contribution in [0.2, 0.25) is 0 Å². The standard InChI is InChI=1S/C12H20N2O2S/c1-4-10-13-7-9(17-10)11(15)14-8-12(16,5-2)6-3/h7,16H,4-6,8H2,1-3H3,(H,14,15). The van der Waals surface area contributed by atoms with Gasteiger partial charge in [0.2, 0.25) is 0 Å². The van der Waals surface area contributed by atoms with Gasteiger partial charge in [-0.15, -0.1) is 11.3 Å². The lowest BCUT2D eigenvalue weighted by atomic mass is 9.98. The molecule has 0 aliphatic rings. The molecule has 1 rings (SSSR count). The van der Waals surface area contributed by atoms with E-state index in [0.29, 0.717) is 17.7 Å². The van der Waals surface area contributed by atoms with Gasteiger partial charge in [0.25, 0.3) is 5.91 Å². The molecule has 0 fully saturated rings. The number of rotatable bonds is 6. The fraction of sp³-hybridized carbons (Fsp3) is 0.667. The van der Waals surface area contributed by atoms with Gasteiger partial charge in [-0.1, -0.05) is 20.8 Å². The van der Waals surface area contributed by atoms with Crippen LogP contribution in [0.3, 0.4) is 0 Å². The summed E-state index contributed by atoms with van der Waals surface area (Å²) in [5, 5.41) is 13.8. The van der Waals surface area contributed by atoms with Crippen molar-refractivity contribution in [2.24, 2.45) is 0 Å². The van der Waals surface area contributed by atoms with Gasteiger partial charge in [0.05, 0.1) is 16.8 Å². The van der Waals surface area contributed by atoms with E-state index in [1.54, 1.807) is 6.20 Å². The Kier molecular flexibility index (Phi) is 5.08. The van der Waals surface area contributed by atoms with Crippen molar-refractivity contribution in [2.45, 2.75) is 45.6 Å². The van der Waals surface area contributed by atoms with Gasteiger partial charge in [-0.25, -0.2) is 4.98 Å². The van der Waals surface area contributed by atoms with Crippen LogP contribution in [0, 0.1) is 0 Å². The van der Waals surface area contributed by atoms with Gasteiger partial charge in [0.1, 0.15) is 4.88 Å². The number of nitrogens with zero attached hydrogens (tertiary/aromatic N) is 1. The monoisotopic (exact) mass is 256 g/mol. The summed E-state index contributed by atoms with van der Waals surface area (Å²) < 4.78 is 0. The summed E-state index contributed by atoms with van der Waals surface area (Å²) in [7, 11) is 0. The lowest BCUT2D eigenvalue weighted by molar-refractivity contribution is 0.0314. The van der Waals surface area contributed by atoms with Crippen molar-refractivity contribution in [3.8, 4) is 0 Å². The fourth-order valence-electron chi connectivity index (χ4n) is 1.41. The van der Waals surface area contributed by atoms with Crippen LogP contribution in [-0.2, 0) is 6.42 Å². The molecule has 0 aliphatic heterocycles. The van der Waals surface area contributed by atoms with E-state index in [-0.39, 0.29) is 12.5 Å². The third-order valence-electron chi connectivity index (χ3n) is 2.97. The molecule has 0 unspecified atom stereocenters. The molecule has 1 aromatic heterocycles. The molecule has 0 aromatic carbocycles. The summed E-state index contributed by atoms with van der Waals surface area (Å²) in [6.45, 7) is 6.13. The molecule has 0 bridgehead atoms. The Hall–Kier alpha value is -0.940. The smallest absolute Gasteiger partial charge is 0.263 e. The number of aromatic nitrogens is 1. The second-order valence-corrected chi connectivity index (χ2v) is 5.20. The van der Waals surface area contributed by atoms with Gasteiger partial charge in [0, 0.05) is 6.54 Å². The first kappa shape index (κ1) is 14.1. The van der Waals surface area contributed by atoms with Crippen LogP contribution in [0.1, 0.15) is 48.3 Å². The van der Waals surface area contributed by atoms with Gasteiger partial charge in [0.15, 0.2) is 0 Å². The van der Waals surface area contributed by atoms with Crippen molar-refractivity contribution in [2.75, 3.05) is 6.54 Å². The highest BCUT2D eigenvalue weighted by Gasteiger charge is 2.23. The Morgan fingerprint density at radius 3 is 2.59 bits per heavy atom. The summed E-state index contributed by atoms with van der Waals surface area (Å²) >= 11 is 1.40. The molecule has 0 spiro atoms. The van der Waals surface area contributed by atoms with Crippen LogP contribution in [0.5, 0.6) is 0 Å². The fourth-order valence-corrected chi connectivity index (χ4v) is 2.18. The van der Waals surface area contributed by atoms with Gasteiger partial charge in [-0.05, 0) is 19.3 Å². The highest BCUT2D eigenvalue weighted by molar-refractivity contribution is 7.13. The molecule has 0 atom stereocenters. The number of carbonyl (C=O) groups excluding carboxylic acids is 1. The largest absolute Gasteiger partial charge is 0.388 e. The first-order valence-electron chi connectivity index (χ1n) is 6.00. The van der Waals surface area contributed by atoms with Crippen molar-refractivity contribution in [3.05, 3.63) is 16.1 Å². The second-order valence-electron chi connectivity index (χ2n) is 4.09. The lowest BCUT2D eigenvalue weighted by Gasteiger charge is -2.25. The summed E-state index contributed by atoms with van der Waals surface area (Å²) in [5.41, 5.74) is -0.798. The number of hydrogen-bond donors (Lipinski definition) is 2. The van der Waals surface area contributed by atoms with Crippen molar-refractivity contribution in [3.63, 3.8) is 0 Å². The third kappa shape index (κ3) is 3.78. The zero-order chi connectivity index (χ0) is 12.9. The molecule has 1 heterocycles.